The summed E-state index contributed by atoms with van der Waals surface area (Å²) in [6.07, 6.45) is 0.842. The highest BCUT2D eigenvalue weighted by Gasteiger charge is 2.32. The molecule has 0 bridgehead atoms. The lowest BCUT2D eigenvalue weighted by molar-refractivity contribution is 0.301. The van der Waals surface area contributed by atoms with Gasteiger partial charge in [-0.2, -0.15) is 0 Å². The maximum Gasteiger partial charge on any atom is 0.131 e. The van der Waals surface area contributed by atoms with Crippen LogP contribution in [0, 0.1) is 62.3 Å². The summed E-state index contributed by atoms with van der Waals surface area (Å²) in [4.78, 5) is 0. The number of aryl methyl sites for hydroxylation is 9. The summed E-state index contributed by atoms with van der Waals surface area (Å²) < 4.78 is 40.4. The average Bonchev–Trinajstić information content (AvgIpc) is 0.891. The van der Waals surface area contributed by atoms with Crippen LogP contribution in [0.5, 0.6) is 51.7 Å². The van der Waals surface area contributed by atoms with Crippen molar-refractivity contribution in [2.45, 2.75) is 186 Å². The Labute approximate surface area is 527 Å². The fourth-order valence-electron chi connectivity index (χ4n) is 12.5. The first-order chi connectivity index (χ1) is 41.6. The first-order valence-corrected chi connectivity index (χ1v) is 31.4. The van der Waals surface area contributed by atoms with Crippen molar-refractivity contribution in [3.63, 3.8) is 0 Å². The van der Waals surface area contributed by atoms with Crippen molar-refractivity contribution in [1.29, 1.82) is 0 Å². The van der Waals surface area contributed by atoms with E-state index in [2.05, 4.69) is 241 Å². The van der Waals surface area contributed by atoms with Crippen molar-refractivity contribution in [3.8, 4) is 51.7 Å². The Morgan fingerprint density at radius 3 is 0.818 bits per heavy atom. The SMILES string of the molecule is Cc1cc(Oc2cc(C)c(OCc3ccccc3)c(C)c2)c(C(C)(C)C)cc1C(C)CC(c1cc(C(C)(C)C)c(Oc2cc(C)c(OCc3ccccc3)c(C)c2)cc1C)c1cc(C(C)(C)C)c(Oc2cc(C)c(OCc3ccccc3)c(C)c2)cc1C. The molecule has 0 aliphatic carbocycles. The summed E-state index contributed by atoms with van der Waals surface area (Å²) in [7, 11) is 0. The Kier molecular flexibility index (Phi) is 19.4. The molecule has 0 N–H and O–H groups in total. The lowest BCUT2D eigenvalue weighted by Crippen LogP contribution is -2.18. The van der Waals surface area contributed by atoms with Crippen LogP contribution in [0.4, 0.5) is 0 Å². The predicted octanol–water partition coefficient (Wildman–Crippen LogP) is 22.8. The molecule has 88 heavy (non-hydrogen) atoms. The van der Waals surface area contributed by atoms with Crippen LogP contribution in [0.2, 0.25) is 0 Å². The summed E-state index contributed by atoms with van der Waals surface area (Å²) in [6.45, 7) is 43.9. The van der Waals surface area contributed by atoms with Crippen molar-refractivity contribution < 1.29 is 28.4 Å². The van der Waals surface area contributed by atoms with Gasteiger partial charge in [-0.05, 0) is 229 Å². The van der Waals surface area contributed by atoms with Gasteiger partial charge in [0.15, 0.2) is 0 Å². The minimum Gasteiger partial charge on any atom is -0.488 e. The molecule has 0 heterocycles. The number of hydrogen-bond acceptors (Lipinski definition) is 6. The third kappa shape index (κ3) is 15.4. The maximum absolute atomic E-state index is 7.07. The molecule has 1 atom stereocenters. The molecule has 1 unspecified atom stereocenters. The largest absolute Gasteiger partial charge is 0.488 e. The number of ether oxygens (including phenoxy) is 6. The van der Waals surface area contributed by atoms with Crippen molar-refractivity contribution in [3.05, 3.63) is 264 Å². The van der Waals surface area contributed by atoms with Gasteiger partial charge in [0.25, 0.3) is 0 Å². The molecule has 458 valence electrons. The molecule has 0 fully saturated rings. The van der Waals surface area contributed by atoms with Crippen molar-refractivity contribution in [2.75, 3.05) is 0 Å². The first-order valence-electron chi connectivity index (χ1n) is 31.4. The number of hydrogen-bond donors (Lipinski definition) is 0. The van der Waals surface area contributed by atoms with Gasteiger partial charge in [0.2, 0.25) is 0 Å². The van der Waals surface area contributed by atoms with E-state index in [4.69, 9.17) is 28.4 Å². The highest BCUT2D eigenvalue weighted by atomic mass is 16.5. The highest BCUT2D eigenvalue weighted by molar-refractivity contribution is 5.58. The van der Waals surface area contributed by atoms with Crippen LogP contribution in [-0.2, 0) is 36.1 Å². The molecule has 9 aromatic rings. The van der Waals surface area contributed by atoms with E-state index in [0.29, 0.717) is 19.8 Å². The Morgan fingerprint density at radius 1 is 0.307 bits per heavy atom. The summed E-state index contributed by atoms with van der Waals surface area (Å²) in [5.41, 5.74) is 19.7. The normalized spacial score (nSPS) is 12.3. The zero-order valence-corrected chi connectivity index (χ0v) is 56.0. The fraction of sp³-hybridized carbons (Fsp3) is 0.341. The lowest BCUT2D eigenvalue weighted by Gasteiger charge is -2.32. The highest BCUT2D eigenvalue weighted by Crippen LogP contribution is 2.49. The zero-order valence-electron chi connectivity index (χ0n) is 56.0. The molecule has 0 saturated heterocycles. The van der Waals surface area contributed by atoms with Gasteiger partial charge in [-0.15, -0.1) is 0 Å². The monoisotopic (exact) mass is 1170 g/mol. The van der Waals surface area contributed by atoms with E-state index in [9.17, 15) is 0 Å². The van der Waals surface area contributed by atoms with E-state index >= 15 is 0 Å². The summed E-state index contributed by atoms with van der Waals surface area (Å²) in [5.74, 6) is 7.75. The van der Waals surface area contributed by atoms with E-state index in [0.717, 1.165) is 119 Å². The quantitative estimate of drug-likeness (QED) is 0.0758. The number of benzene rings is 9. The Bertz CT molecular complexity index is 3670. The second kappa shape index (κ2) is 26.6. The molecule has 0 radical (unpaired) electrons. The van der Waals surface area contributed by atoms with Crippen LogP contribution in [0.15, 0.2) is 164 Å². The molecule has 0 aliphatic heterocycles. The van der Waals surface area contributed by atoms with Crippen LogP contribution in [0.3, 0.4) is 0 Å². The topological polar surface area (TPSA) is 55.4 Å². The molecule has 9 rings (SSSR count). The van der Waals surface area contributed by atoms with Gasteiger partial charge in [0, 0.05) is 22.6 Å². The third-order valence-corrected chi connectivity index (χ3v) is 17.1. The van der Waals surface area contributed by atoms with Crippen molar-refractivity contribution >= 4 is 0 Å². The van der Waals surface area contributed by atoms with E-state index in [1.807, 2.05) is 54.6 Å². The van der Waals surface area contributed by atoms with Gasteiger partial charge in [-0.1, -0.05) is 178 Å². The molecule has 6 nitrogen and oxygen atoms in total. The number of rotatable bonds is 20. The summed E-state index contributed by atoms with van der Waals surface area (Å²) in [5, 5.41) is 0. The molecule has 0 aliphatic rings. The molecule has 0 saturated carbocycles. The van der Waals surface area contributed by atoms with Crippen LogP contribution in [0.25, 0.3) is 0 Å². The smallest absolute Gasteiger partial charge is 0.131 e. The van der Waals surface area contributed by atoms with E-state index in [1.165, 1.54) is 38.9 Å². The fourth-order valence-corrected chi connectivity index (χ4v) is 12.5. The van der Waals surface area contributed by atoms with Crippen LogP contribution < -0.4 is 28.4 Å². The second-order valence-electron chi connectivity index (χ2n) is 27.8. The Morgan fingerprint density at radius 2 is 0.557 bits per heavy atom. The Balaban J connectivity index is 1.11. The molecular weight excluding hydrogens is 1080 g/mol. The van der Waals surface area contributed by atoms with Gasteiger partial charge in [0.1, 0.15) is 71.6 Å². The van der Waals surface area contributed by atoms with Gasteiger partial charge in [0.05, 0.1) is 0 Å². The van der Waals surface area contributed by atoms with E-state index < -0.39 is 0 Å². The first kappa shape index (κ1) is 64.3. The second-order valence-corrected chi connectivity index (χ2v) is 27.8. The van der Waals surface area contributed by atoms with Gasteiger partial charge < -0.3 is 28.4 Å². The van der Waals surface area contributed by atoms with Crippen LogP contribution >= 0.6 is 0 Å². The summed E-state index contributed by atoms with van der Waals surface area (Å²) in [6, 6.07) is 57.8. The third-order valence-electron chi connectivity index (χ3n) is 17.1. The van der Waals surface area contributed by atoms with Gasteiger partial charge in [-0.25, -0.2) is 0 Å². The molecular formula is C82H94O6. The predicted molar refractivity (Wildman–Crippen MR) is 365 cm³/mol. The van der Waals surface area contributed by atoms with Crippen molar-refractivity contribution in [1.82, 2.24) is 0 Å². The van der Waals surface area contributed by atoms with Crippen molar-refractivity contribution in [2.24, 2.45) is 0 Å². The average molecular weight is 1180 g/mol. The molecule has 0 spiro atoms. The standard InChI is InChI=1S/C82H94O6/c1-51(67-45-71(80(11,12)13)74(42-52(67)2)86-64-35-55(5)77(56(6)36-64)83-48-61-29-23-20-24-30-61)41-70(68-46-72(81(14,15)16)75(43-53(68)3)87-65-37-57(7)78(58(8)38-65)84-49-62-31-25-21-26-32-62)69-47-73(82(17,18)19)76(44-54(69)4)88-66-39-59(9)79(60(10)40-66)85-50-63-33-27-22-28-34-63/h20-40,42-47,51,70H,41,48-50H2,1-19H3. The minimum absolute atomic E-state index is 0.0154. The summed E-state index contributed by atoms with van der Waals surface area (Å²) >= 11 is 0. The van der Waals surface area contributed by atoms with Crippen LogP contribution in [-0.4, -0.2) is 0 Å². The molecule has 6 heteroatoms. The van der Waals surface area contributed by atoms with E-state index in [1.54, 1.807) is 0 Å². The lowest BCUT2D eigenvalue weighted by atomic mass is 9.74. The zero-order chi connectivity index (χ0) is 63.4. The molecule has 9 aromatic carbocycles. The van der Waals surface area contributed by atoms with E-state index in [-0.39, 0.29) is 28.1 Å². The van der Waals surface area contributed by atoms with Gasteiger partial charge in [-0.3, -0.25) is 0 Å². The molecule has 0 aromatic heterocycles. The maximum atomic E-state index is 7.07. The molecule has 0 amide bonds. The Hall–Kier alpha value is -8.22. The van der Waals surface area contributed by atoms with Gasteiger partial charge >= 0.3 is 0 Å². The minimum atomic E-state index is -0.265. The van der Waals surface area contributed by atoms with Crippen LogP contribution in [0.1, 0.15) is 188 Å².